The van der Waals surface area contributed by atoms with Gasteiger partial charge in [0.05, 0.1) is 12.6 Å². The summed E-state index contributed by atoms with van der Waals surface area (Å²) in [6, 6.07) is 0. The highest BCUT2D eigenvalue weighted by Crippen LogP contribution is 2.19. The van der Waals surface area contributed by atoms with Crippen LogP contribution in [0, 0.1) is 0 Å². The number of aliphatic hydroxyl groups is 2. The maximum atomic E-state index is 11.1. The van der Waals surface area contributed by atoms with Gasteiger partial charge >= 0.3 is 6.09 Å². The molecule has 0 aromatic heterocycles. The average molecular weight is 259 g/mol. The summed E-state index contributed by atoms with van der Waals surface area (Å²) >= 11 is 0. The van der Waals surface area contributed by atoms with Crippen molar-refractivity contribution in [2.24, 2.45) is 5.73 Å². The quantitative estimate of drug-likeness (QED) is 0.404. The minimum Gasteiger partial charge on any atom is -0.445 e. The molecular formula is C11H21N3O4. The van der Waals surface area contributed by atoms with Crippen LogP contribution in [0.3, 0.4) is 0 Å². The summed E-state index contributed by atoms with van der Waals surface area (Å²) in [6.07, 6.45) is 0.303. The van der Waals surface area contributed by atoms with Crippen LogP contribution < -0.4 is 11.1 Å². The van der Waals surface area contributed by atoms with Gasteiger partial charge in [-0.25, -0.2) is 4.79 Å². The monoisotopic (exact) mass is 259 g/mol. The van der Waals surface area contributed by atoms with Crippen LogP contribution in [-0.4, -0.2) is 72.2 Å². The zero-order valence-corrected chi connectivity index (χ0v) is 10.3. The van der Waals surface area contributed by atoms with Gasteiger partial charge in [-0.1, -0.05) is 12.7 Å². The number of nitrogens with zero attached hydrogens (tertiary/aromatic N) is 1. The molecule has 0 unspecified atom stereocenters. The topological polar surface area (TPSA) is 108 Å². The van der Waals surface area contributed by atoms with Gasteiger partial charge < -0.3 is 26.0 Å². The molecule has 0 radical (unpaired) electrons. The van der Waals surface area contributed by atoms with Gasteiger partial charge in [-0.2, -0.15) is 0 Å². The number of nitrogens with two attached hydrogens (primary N) is 1. The minimum absolute atomic E-state index is 0.123. The predicted molar refractivity (Wildman–Crippen MR) is 66.0 cm³/mol. The lowest BCUT2D eigenvalue weighted by Crippen LogP contribution is -2.67. The summed E-state index contributed by atoms with van der Waals surface area (Å²) in [5, 5.41) is 21.8. The maximum absolute atomic E-state index is 11.1. The Labute approximate surface area is 106 Å². The van der Waals surface area contributed by atoms with E-state index >= 15 is 0 Å². The molecule has 1 rings (SSSR count). The van der Waals surface area contributed by atoms with Crippen molar-refractivity contribution < 1.29 is 19.7 Å². The second-order valence-corrected chi connectivity index (χ2v) is 4.52. The molecule has 0 saturated carbocycles. The lowest BCUT2D eigenvalue weighted by Gasteiger charge is -2.47. The number of hydrogen-bond donors (Lipinski definition) is 4. The Kier molecular flexibility index (Phi) is 5.54. The van der Waals surface area contributed by atoms with Gasteiger partial charge in [0.2, 0.25) is 0 Å². The molecule has 0 spiro atoms. The molecule has 5 N–H and O–H groups in total. The maximum Gasteiger partial charge on any atom is 0.407 e. The first-order chi connectivity index (χ1) is 8.49. The Hall–Kier alpha value is -1.15. The number of alkyl carbamates (subject to hydrolysis) is 1. The van der Waals surface area contributed by atoms with Crippen molar-refractivity contribution in [2.75, 3.05) is 39.3 Å². The van der Waals surface area contributed by atoms with E-state index in [9.17, 15) is 15.0 Å². The van der Waals surface area contributed by atoms with Gasteiger partial charge in [-0.05, 0) is 0 Å². The third-order valence-corrected chi connectivity index (χ3v) is 2.67. The molecule has 0 aliphatic carbocycles. The molecule has 104 valence electrons. The first kappa shape index (κ1) is 14.9. The lowest BCUT2D eigenvalue weighted by molar-refractivity contribution is -0.104. The van der Waals surface area contributed by atoms with E-state index in [2.05, 4.69) is 11.9 Å². The number of likely N-dealkylation sites (tertiary alicyclic amines) is 1. The zero-order valence-electron chi connectivity index (χ0n) is 10.3. The van der Waals surface area contributed by atoms with E-state index in [-0.39, 0.29) is 19.7 Å². The van der Waals surface area contributed by atoms with Crippen LogP contribution in [-0.2, 0) is 4.74 Å². The van der Waals surface area contributed by atoms with E-state index in [0.29, 0.717) is 19.6 Å². The van der Waals surface area contributed by atoms with Gasteiger partial charge in [0.25, 0.3) is 0 Å². The Morgan fingerprint density at radius 3 is 2.89 bits per heavy atom. The van der Waals surface area contributed by atoms with Crippen LogP contribution >= 0.6 is 0 Å². The number of nitrogens with one attached hydrogen (secondary N) is 1. The number of amides is 1. The fraction of sp³-hybridized carbons (Fsp3) is 0.727. The van der Waals surface area contributed by atoms with Crippen LogP contribution in [0.5, 0.6) is 0 Å². The molecule has 18 heavy (non-hydrogen) atoms. The Morgan fingerprint density at radius 2 is 2.33 bits per heavy atom. The molecule has 1 atom stereocenters. The molecule has 1 amide bonds. The highest BCUT2D eigenvalue weighted by molar-refractivity contribution is 5.67. The highest BCUT2D eigenvalue weighted by atomic mass is 16.5. The first-order valence-electron chi connectivity index (χ1n) is 5.83. The van der Waals surface area contributed by atoms with Crippen LogP contribution in [0.4, 0.5) is 4.79 Å². The summed E-state index contributed by atoms with van der Waals surface area (Å²) in [7, 11) is 0. The summed E-state index contributed by atoms with van der Waals surface area (Å²) in [6.45, 7) is 5.10. The van der Waals surface area contributed by atoms with Crippen molar-refractivity contribution in [3.8, 4) is 0 Å². The van der Waals surface area contributed by atoms with Crippen molar-refractivity contribution in [3.05, 3.63) is 12.7 Å². The van der Waals surface area contributed by atoms with Crippen LogP contribution in [0.2, 0.25) is 0 Å². The Bertz CT molecular complexity index is 292. The van der Waals surface area contributed by atoms with Crippen LogP contribution in [0.15, 0.2) is 12.7 Å². The normalized spacial score (nSPS) is 19.7. The van der Waals surface area contributed by atoms with Crippen molar-refractivity contribution >= 4 is 6.09 Å². The molecular weight excluding hydrogens is 238 g/mol. The number of rotatable bonds is 7. The summed E-state index contributed by atoms with van der Waals surface area (Å²) in [4.78, 5) is 13.0. The standard InChI is InChI=1S/C11H21N3O4/c1-2-3-18-10(16)13-6-11(17)7-14(8-11)5-9(15)4-12/h2,9,15,17H,1,3-8,12H2,(H,13,16)/t9-/m0/s1. The van der Waals surface area contributed by atoms with Gasteiger partial charge in [0, 0.05) is 26.2 Å². The van der Waals surface area contributed by atoms with Gasteiger partial charge in [-0.15, -0.1) is 0 Å². The molecule has 0 aromatic carbocycles. The van der Waals surface area contributed by atoms with E-state index < -0.39 is 17.8 Å². The van der Waals surface area contributed by atoms with Gasteiger partial charge in [0.1, 0.15) is 12.2 Å². The molecule has 1 aliphatic heterocycles. The molecule has 1 fully saturated rings. The number of hydrogen-bond acceptors (Lipinski definition) is 6. The molecule has 0 aromatic rings. The van der Waals surface area contributed by atoms with Crippen molar-refractivity contribution in [1.29, 1.82) is 0 Å². The van der Waals surface area contributed by atoms with E-state index in [1.807, 2.05) is 4.90 Å². The molecule has 7 heteroatoms. The zero-order chi connectivity index (χ0) is 13.6. The molecule has 7 nitrogen and oxygen atoms in total. The number of carbonyl (C=O) groups excluding carboxylic acids is 1. The summed E-state index contributed by atoms with van der Waals surface area (Å²) < 4.78 is 4.71. The van der Waals surface area contributed by atoms with Crippen molar-refractivity contribution in [1.82, 2.24) is 10.2 Å². The molecule has 1 aliphatic rings. The fourth-order valence-corrected chi connectivity index (χ4v) is 1.82. The number of ether oxygens (including phenoxy) is 1. The molecule has 0 bridgehead atoms. The van der Waals surface area contributed by atoms with Gasteiger partial charge in [-0.3, -0.25) is 4.90 Å². The van der Waals surface area contributed by atoms with E-state index in [0.717, 1.165) is 0 Å². The SMILES string of the molecule is C=CCOC(=O)NCC1(O)CN(C[C@@H](O)CN)C1. The minimum atomic E-state index is -0.957. The second-order valence-electron chi connectivity index (χ2n) is 4.52. The number of carbonyl (C=O) groups is 1. The average Bonchev–Trinajstić information content (AvgIpc) is 2.31. The smallest absolute Gasteiger partial charge is 0.407 e. The fourth-order valence-electron chi connectivity index (χ4n) is 1.82. The predicted octanol–water partition coefficient (Wildman–Crippen LogP) is -1.74. The summed E-state index contributed by atoms with van der Waals surface area (Å²) in [5.41, 5.74) is 4.33. The van der Waals surface area contributed by atoms with Gasteiger partial charge in [0.15, 0.2) is 0 Å². The van der Waals surface area contributed by atoms with Crippen molar-refractivity contribution in [2.45, 2.75) is 11.7 Å². The highest BCUT2D eigenvalue weighted by Gasteiger charge is 2.41. The third kappa shape index (κ3) is 4.61. The van der Waals surface area contributed by atoms with Crippen molar-refractivity contribution in [3.63, 3.8) is 0 Å². The largest absolute Gasteiger partial charge is 0.445 e. The van der Waals surface area contributed by atoms with E-state index in [1.165, 1.54) is 6.08 Å². The van der Waals surface area contributed by atoms with Crippen LogP contribution in [0.1, 0.15) is 0 Å². The Balaban J connectivity index is 2.17. The molecule has 1 saturated heterocycles. The first-order valence-corrected chi connectivity index (χ1v) is 5.83. The van der Waals surface area contributed by atoms with E-state index in [4.69, 9.17) is 10.5 Å². The molecule has 1 heterocycles. The van der Waals surface area contributed by atoms with Crippen LogP contribution in [0.25, 0.3) is 0 Å². The lowest BCUT2D eigenvalue weighted by atomic mass is 9.94. The third-order valence-electron chi connectivity index (χ3n) is 2.67. The van der Waals surface area contributed by atoms with E-state index in [1.54, 1.807) is 0 Å². The number of β-amino-alcohol motifs (C(OH)–C–C–N with tert-alkyl or cyclic N) is 2. The Morgan fingerprint density at radius 1 is 1.67 bits per heavy atom. The number of aliphatic hydroxyl groups excluding tert-OH is 1. The summed E-state index contributed by atoms with van der Waals surface area (Å²) in [5.74, 6) is 0. The second kappa shape index (κ2) is 6.69.